The highest BCUT2D eigenvalue weighted by atomic mass is 16.6. The van der Waals surface area contributed by atoms with Crippen molar-refractivity contribution in [3.8, 4) is 5.69 Å². The Kier molecular flexibility index (Phi) is 3.66. The zero-order valence-electron chi connectivity index (χ0n) is 10.4. The predicted molar refractivity (Wildman–Crippen MR) is 67.4 cm³/mol. The maximum Gasteiger partial charge on any atom is 0.278 e. The van der Waals surface area contributed by atoms with Gasteiger partial charge >= 0.3 is 0 Å². The van der Waals surface area contributed by atoms with Gasteiger partial charge in [0.05, 0.1) is 33.5 Å². The van der Waals surface area contributed by atoms with E-state index in [0.29, 0.717) is 12.2 Å². The number of rotatable bonds is 5. The number of nitro benzene ring substituents is 2. The van der Waals surface area contributed by atoms with Crippen LogP contribution in [-0.4, -0.2) is 31.9 Å². The molecule has 1 N–H and O–H groups in total. The van der Waals surface area contributed by atoms with Crippen LogP contribution in [0.4, 0.5) is 11.4 Å². The van der Waals surface area contributed by atoms with Gasteiger partial charge < -0.3 is 5.32 Å². The van der Waals surface area contributed by atoms with Gasteiger partial charge in [0.2, 0.25) is 0 Å². The normalized spacial score (nSPS) is 10.4. The molecule has 0 aliphatic carbocycles. The number of hydrogen-bond acceptors (Lipinski definition) is 7. The molecular formula is C10H10N6O4. The second-order valence-electron chi connectivity index (χ2n) is 3.91. The van der Waals surface area contributed by atoms with E-state index in [1.54, 1.807) is 13.2 Å². The highest BCUT2D eigenvalue weighted by Crippen LogP contribution is 2.24. The molecule has 0 bridgehead atoms. The first kappa shape index (κ1) is 13.5. The molecule has 0 radical (unpaired) electrons. The van der Waals surface area contributed by atoms with Gasteiger partial charge in [-0.25, -0.2) is 4.68 Å². The van der Waals surface area contributed by atoms with Crippen molar-refractivity contribution in [1.29, 1.82) is 0 Å². The average Bonchev–Trinajstić information content (AvgIpc) is 2.87. The summed E-state index contributed by atoms with van der Waals surface area (Å²) in [4.78, 5) is 20.2. The Labute approximate surface area is 112 Å². The van der Waals surface area contributed by atoms with E-state index in [4.69, 9.17) is 0 Å². The summed E-state index contributed by atoms with van der Waals surface area (Å²) in [6, 6.07) is 3.30. The highest BCUT2D eigenvalue weighted by Gasteiger charge is 2.17. The molecule has 10 heteroatoms. The Morgan fingerprint density at radius 2 is 1.80 bits per heavy atom. The van der Waals surface area contributed by atoms with E-state index in [-0.39, 0.29) is 17.1 Å². The van der Waals surface area contributed by atoms with Gasteiger partial charge in [-0.1, -0.05) is 5.21 Å². The molecule has 2 aromatic rings. The Hall–Kier alpha value is -2.88. The molecule has 20 heavy (non-hydrogen) atoms. The summed E-state index contributed by atoms with van der Waals surface area (Å²) in [6.07, 6.45) is 1.54. The van der Waals surface area contributed by atoms with Crippen LogP contribution in [0, 0.1) is 20.2 Å². The molecule has 0 unspecified atom stereocenters. The van der Waals surface area contributed by atoms with E-state index >= 15 is 0 Å². The fourth-order valence-electron chi connectivity index (χ4n) is 1.61. The number of nitrogens with zero attached hydrogens (tertiary/aromatic N) is 5. The van der Waals surface area contributed by atoms with E-state index in [9.17, 15) is 20.2 Å². The van der Waals surface area contributed by atoms with Crippen molar-refractivity contribution in [2.24, 2.45) is 0 Å². The van der Waals surface area contributed by atoms with Crippen LogP contribution < -0.4 is 5.32 Å². The smallest absolute Gasteiger partial charge is 0.278 e. The molecule has 0 fully saturated rings. The first-order valence-electron chi connectivity index (χ1n) is 5.51. The minimum atomic E-state index is -0.693. The average molecular weight is 278 g/mol. The number of benzene rings is 1. The lowest BCUT2D eigenvalue weighted by Crippen LogP contribution is -2.05. The largest absolute Gasteiger partial charge is 0.314 e. The van der Waals surface area contributed by atoms with Crippen LogP contribution in [0.1, 0.15) is 5.69 Å². The van der Waals surface area contributed by atoms with Crippen LogP contribution >= 0.6 is 0 Å². The fraction of sp³-hybridized carbons (Fsp3) is 0.200. The van der Waals surface area contributed by atoms with Gasteiger partial charge in [0, 0.05) is 18.7 Å². The summed E-state index contributed by atoms with van der Waals surface area (Å²) in [5.41, 5.74) is 0.0714. The van der Waals surface area contributed by atoms with Crippen molar-refractivity contribution in [3.63, 3.8) is 0 Å². The minimum Gasteiger partial charge on any atom is -0.314 e. The van der Waals surface area contributed by atoms with Crippen molar-refractivity contribution in [2.75, 3.05) is 7.05 Å². The topological polar surface area (TPSA) is 129 Å². The number of aromatic nitrogens is 3. The molecule has 0 atom stereocenters. The van der Waals surface area contributed by atoms with Crippen LogP contribution in [0.3, 0.4) is 0 Å². The van der Waals surface area contributed by atoms with Crippen LogP contribution in [0.2, 0.25) is 0 Å². The number of hydrogen-bond donors (Lipinski definition) is 1. The van der Waals surface area contributed by atoms with Crippen molar-refractivity contribution >= 4 is 11.4 Å². The third kappa shape index (κ3) is 2.75. The van der Waals surface area contributed by atoms with Gasteiger partial charge in [0.1, 0.15) is 0 Å². The van der Waals surface area contributed by atoms with E-state index in [0.717, 1.165) is 6.07 Å². The van der Waals surface area contributed by atoms with Gasteiger partial charge in [-0.2, -0.15) is 0 Å². The van der Waals surface area contributed by atoms with Crippen LogP contribution in [0.15, 0.2) is 24.4 Å². The zero-order chi connectivity index (χ0) is 14.7. The molecule has 10 nitrogen and oxygen atoms in total. The fourth-order valence-corrected chi connectivity index (χ4v) is 1.61. The predicted octanol–water partition coefficient (Wildman–Crippen LogP) is 0.803. The van der Waals surface area contributed by atoms with Crippen LogP contribution in [0.25, 0.3) is 5.69 Å². The second-order valence-corrected chi connectivity index (χ2v) is 3.91. The molecule has 0 amide bonds. The maximum atomic E-state index is 10.8. The molecule has 0 aliphatic heterocycles. The highest BCUT2D eigenvalue weighted by molar-refractivity contribution is 5.52. The van der Waals surface area contributed by atoms with E-state index in [1.807, 2.05) is 0 Å². The summed E-state index contributed by atoms with van der Waals surface area (Å²) in [5, 5.41) is 32.1. The lowest BCUT2D eigenvalue weighted by atomic mass is 10.2. The molecule has 0 saturated heterocycles. The summed E-state index contributed by atoms with van der Waals surface area (Å²) >= 11 is 0. The Morgan fingerprint density at radius 1 is 1.20 bits per heavy atom. The second kappa shape index (κ2) is 5.40. The van der Waals surface area contributed by atoms with Gasteiger partial charge in [-0.3, -0.25) is 20.2 Å². The van der Waals surface area contributed by atoms with Gasteiger partial charge in [0.15, 0.2) is 0 Å². The Morgan fingerprint density at radius 3 is 2.30 bits per heavy atom. The van der Waals surface area contributed by atoms with E-state index in [1.165, 1.54) is 16.8 Å². The molecule has 1 heterocycles. The molecule has 0 aliphatic rings. The third-order valence-corrected chi connectivity index (χ3v) is 2.47. The number of non-ortho nitro benzene ring substituents is 2. The SMILES string of the molecule is CNCc1cn(-c2cc([N+](=O)[O-])cc([N+](=O)[O-])c2)nn1. The lowest BCUT2D eigenvalue weighted by Gasteiger charge is -2.00. The number of nitro groups is 2. The first-order chi connectivity index (χ1) is 9.51. The van der Waals surface area contributed by atoms with Gasteiger partial charge in [-0.05, 0) is 7.05 Å². The van der Waals surface area contributed by atoms with E-state index < -0.39 is 9.85 Å². The van der Waals surface area contributed by atoms with Gasteiger partial charge in [-0.15, -0.1) is 5.10 Å². The summed E-state index contributed by atoms with van der Waals surface area (Å²) < 4.78 is 1.26. The van der Waals surface area contributed by atoms with E-state index in [2.05, 4.69) is 15.6 Å². The first-order valence-corrected chi connectivity index (χ1v) is 5.51. The molecule has 0 spiro atoms. The molecule has 1 aromatic carbocycles. The van der Waals surface area contributed by atoms with Crippen LogP contribution in [-0.2, 0) is 6.54 Å². The number of nitrogens with one attached hydrogen (secondary N) is 1. The third-order valence-electron chi connectivity index (χ3n) is 2.47. The molecule has 0 saturated carbocycles. The minimum absolute atomic E-state index is 0.209. The summed E-state index contributed by atoms with van der Waals surface area (Å²) in [7, 11) is 1.73. The van der Waals surface area contributed by atoms with Crippen molar-refractivity contribution < 1.29 is 9.85 Å². The lowest BCUT2D eigenvalue weighted by molar-refractivity contribution is -0.394. The Bertz CT molecular complexity index is 635. The molecule has 1 aromatic heterocycles. The quantitative estimate of drug-likeness (QED) is 0.632. The maximum absolute atomic E-state index is 10.8. The monoisotopic (exact) mass is 278 g/mol. The molecule has 104 valence electrons. The standard InChI is InChI=1S/C10H10N6O4/c1-11-5-7-6-14(13-12-7)8-2-9(15(17)18)4-10(3-8)16(19)20/h2-4,6,11H,5H2,1H3. The molecular weight excluding hydrogens is 268 g/mol. The molecule has 2 rings (SSSR count). The Balaban J connectivity index is 2.48. The van der Waals surface area contributed by atoms with Crippen molar-refractivity contribution in [2.45, 2.75) is 6.54 Å². The van der Waals surface area contributed by atoms with Gasteiger partial charge in [0.25, 0.3) is 11.4 Å². The summed E-state index contributed by atoms with van der Waals surface area (Å²) in [6.45, 7) is 0.469. The van der Waals surface area contributed by atoms with Crippen molar-refractivity contribution in [1.82, 2.24) is 20.3 Å². The zero-order valence-corrected chi connectivity index (χ0v) is 10.4. The summed E-state index contributed by atoms with van der Waals surface area (Å²) in [5.74, 6) is 0. The van der Waals surface area contributed by atoms with Crippen molar-refractivity contribution in [3.05, 3.63) is 50.3 Å². The van der Waals surface area contributed by atoms with Crippen LogP contribution in [0.5, 0.6) is 0 Å².